The van der Waals surface area contributed by atoms with Crippen molar-refractivity contribution in [3.05, 3.63) is 33.6 Å². The molecule has 0 spiro atoms. The van der Waals surface area contributed by atoms with Crippen LogP contribution < -0.4 is 10.6 Å². The van der Waals surface area contributed by atoms with Gasteiger partial charge in [0.2, 0.25) is 5.91 Å². The molecule has 1 rings (SSSR count). The standard InChI is InChI=1S/C14H19Cl2FN2O/c1-8(2)6-19-14(20)7-18-9(3)10-4-13(17)12(16)5-11(10)15/h4-5,8-9,18H,6-7H2,1-3H3,(H,19,20)/t9-/m1/s1. The van der Waals surface area contributed by atoms with Gasteiger partial charge >= 0.3 is 0 Å². The number of carbonyl (C=O) groups is 1. The van der Waals surface area contributed by atoms with Crippen molar-refractivity contribution < 1.29 is 9.18 Å². The minimum atomic E-state index is -0.524. The van der Waals surface area contributed by atoms with Gasteiger partial charge in [0.05, 0.1) is 11.6 Å². The van der Waals surface area contributed by atoms with Crippen LogP contribution >= 0.6 is 23.2 Å². The first-order valence-corrected chi connectivity index (χ1v) is 7.21. The van der Waals surface area contributed by atoms with Crippen LogP contribution in [0.2, 0.25) is 10.0 Å². The molecule has 0 fully saturated rings. The summed E-state index contributed by atoms with van der Waals surface area (Å²) >= 11 is 11.7. The summed E-state index contributed by atoms with van der Waals surface area (Å²) < 4.78 is 13.4. The molecule has 20 heavy (non-hydrogen) atoms. The molecule has 0 heterocycles. The van der Waals surface area contributed by atoms with Crippen LogP contribution in [0.15, 0.2) is 12.1 Å². The zero-order valence-electron chi connectivity index (χ0n) is 11.8. The fraction of sp³-hybridized carbons (Fsp3) is 0.500. The fourth-order valence-corrected chi connectivity index (χ4v) is 2.15. The van der Waals surface area contributed by atoms with Gasteiger partial charge in [-0.25, -0.2) is 4.39 Å². The summed E-state index contributed by atoms with van der Waals surface area (Å²) in [6, 6.07) is 2.40. The average Bonchev–Trinajstić information content (AvgIpc) is 2.37. The molecule has 2 N–H and O–H groups in total. The van der Waals surface area contributed by atoms with Gasteiger partial charge in [0.25, 0.3) is 0 Å². The summed E-state index contributed by atoms with van der Waals surface area (Å²) in [4.78, 5) is 11.6. The van der Waals surface area contributed by atoms with E-state index in [1.165, 1.54) is 12.1 Å². The maximum absolute atomic E-state index is 13.4. The van der Waals surface area contributed by atoms with E-state index >= 15 is 0 Å². The lowest BCUT2D eigenvalue weighted by Crippen LogP contribution is -2.36. The number of amides is 1. The fourth-order valence-electron chi connectivity index (χ4n) is 1.61. The van der Waals surface area contributed by atoms with E-state index in [2.05, 4.69) is 10.6 Å². The molecule has 1 aromatic carbocycles. The Balaban J connectivity index is 2.57. The summed E-state index contributed by atoms with van der Waals surface area (Å²) in [5.41, 5.74) is 0.574. The Bertz CT molecular complexity index is 480. The molecule has 1 atom stereocenters. The molecule has 0 aliphatic heterocycles. The molecule has 6 heteroatoms. The molecule has 0 radical (unpaired) electrons. The molecular formula is C14H19Cl2FN2O. The van der Waals surface area contributed by atoms with Crippen LogP contribution in [-0.2, 0) is 4.79 Å². The van der Waals surface area contributed by atoms with Gasteiger partial charge < -0.3 is 10.6 Å². The number of hydrogen-bond donors (Lipinski definition) is 2. The predicted octanol–water partition coefficient (Wildman–Crippen LogP) is 3.56. The monoisotopic (exact) mass is 320 g/mol. The summed E-state index contributed by atoms with van der Waals surface area (Å²) in [6.45, 7) is 6.63. The third-order valence-corrected chi connectivity index (χ3v) is 3.40. The molecular weight excluding hydrogens is 302 g/mol. The van der Waals surface area contributed by atoms with Crippen LogP contribution in [-0.4, -0.2) is 19.0 Å². The van der Waals surface area contributed by atoms with Gasteiger partial charge in [0.15, 0.2) is 0 Å². The second-order valence-corrected chi connectivity index (χ2v) is 5.90. The molecule has 0 unspecified atom stereocenters. The number of hydrogen-bond acceptors (Lipinski definition) is 2. The zero-order chi connectivity index (χ0) is 15.3. The lowest BCUT2D eigenvalue weighted by Gasteiger charge is -2.16. The summed E-state index contributed by atoms with van der Waals surface area (Å²) in [7, 11) is 0. The van der Waals surface area contributed by atoms with E-state index in [0.29, 0.717) is 23.0 Å². The van der Waals surface area contributed by atoms with Crippen molar-refractivity contribution in [3.8, 4) is 0 Å². The lowest BCUT2D eigenvalue weighted by atomic mass is 10.1. The second-order valence-electron chi connectivity index (χ2n) is 5.09. The molecule has 0 aliphatic rings. The van der Waals surface area contributed by atoms with E-state index in [9.17, 15) is 9.18 Å². The number of nitrogens with one attached hydrogen (secondary N) is 2. The Morgan fingerprint density at radius 3 is 2.50 bits per heavy atom. The topological polar surface area (TPSA) is 41.1 Å². The van der Waals surface area contributed by atoms with Gasteiger partial charge in [0.1, 0.15) is 5.82 Å². The third-order valence-electron chi connectivity index (χ3n) is 2.78. The highest BCUT2D eigenvalue weighted by Gasteiger charge is 2.14. The second kappa shape index (κ2) is 7.81. The molecule has 0 saturated carbocycles. The number of benzene rings is 1. The largest absolute Gasteiger partial charge is 0.355 e. The predicted molar refractivity (Wildman–Crippen MR) is 80.7 cm³/mol. The lowest BCUT2D eigenvalue weighted by molar-refractivity contribution is -0.120. The normalized spacial score (nSPS) is 12.6. The van der Waals surface area contributed by atoms with Gasteiger partial charge in [-0.15, -0.1) is 0 Å². The van der Waals surface area contributed by atoms with E-state index in [1.54, 1.807) is 0 Å². The van der Waals surface area contributed by atoms with Crippen molar-refractivity contribution in [2.45, 2.75) is 26.8 Å². The molecule has 112 valence electrons. The Morgan fingerprint density at radius 2 is 1.90 bits per heavy atom. The highest BCUT2D eigenvalue weighted by molar-refractivity contribution is 6.35. The summed E-state index contributed by atoms with van der Waals surface area (Å²) in [5.74, 6) is -0.226. The Hall–Kier alpha value is -0.840. The van der Waals surface area contributed by atoms with E-state index in [-0.39, 0.29) is 23.5 Å². The van der Waals surface area contributed by atoms with Crippen LogP contribution in [0.5, 0.6) is 0 Å². The molecule has 1 aromatic rings. The smallest absolute Gasteiger partial charge is 0.233 e. The first-order valence-electron chi connectivity index (χ1n) is 6.45. The summed E-state index contributed by atoms with van der Waals surface area (Å²) in [6.07, 6.45) is 0. The molecule has 0 saturated heterocycles. The van der Waals surface area contributed by atoms with Crippen molar-refractivity contribution in [3.63, 3.8) is 0 Å². The van der Waals surface area contributed by atoms with Crippen molar-refractivity contribution in [1.29, 1.82) is 0 Å². The Labute approximate surface area is 128 Å². The first-order chi connectivity index (χ1) is 9.31. The zero-order valence-corrected chi connectivity index (χ0v) is 13.3. The van der Waals surface area contributed by atoms with Gasteiger partial charge in [0, 0.05) is 17.6 Å². The maximum Gasteiger partial charge on any atom is 0.233 e. The third kappa shape index (κ3) is 5.27. The van der Waals surface area contributed by atoms with Gasteiger partial charge in [-0.05, 0) is 30.5 Å². The summed E-state index contributed by atoms with van der Waals surface area (Å²) in [5, 5.41) is 6.16. The van der Waals surface area contributed by atoms with E-state index in [1.807, 2.05) is 20.8 Å². The molecule has 0 bridgehead atoms. The molecule has 3 nitrogen and oxygen atoms in total. The van der Waals surface area contributed by atoms with Crippen molar-refractivity contribution >= 4 is 29.1 Å². The number of halogens is 3. The van der Waals surface area contributed by atoms with Crippen molar-refractivity contribution in [1.82, 2.24) is 10.6 Å². The van der Waals surface area contributed by atoms with Crippen LogP contribution in [0.25, 0.3) is 0 Å². The van der Waals surface area contributed by atoms with Gasteiger partial charge in [-0.3, -0.25) is 4.79 Å². The number of rotatable bonds is 6. The molecule has 1 amide bonds. The quantitative estimate of drug-likeness (QED) is 0.787. The first kappa shape index (κ1) is 17.2. The van der Waals surface area contributed by atoms with E-state index in [0.717, 1.165) is 0 Å². The molecule has 0 aliphatic carbocycles. The van der Waals surface area contributed by atoms with E-state index in [4.69, 9.17) is 23.2 Å². The van der Waals surface area contributed by atoms with Gasteiger partial charge in [-0.2, -0.15) is 0 Å². The highest BCUT2D eigenvalue weighted by atomic mass is 35.5. The Kier molecular flexibility index (Phi) is 6.72. The number of carbonyl (C=O) groups excluding carboxylic acids is 1. The van der Waals surface area contributed by atoms with Crippen molar-refractivity contribution in [2.24, 2.45) is 5.92 Å². The maximum atomic E-state index is 13.4. The van der Waals surface area contributed by atoms with Crippen LogP contribution in [0.1, 0.15) is 32.4 Å². The SMILES string of the molecule is CC(C)CNC(=O)CN[C@H](C)c1cc(F)c(Cl)cc1Cl. The van der Waals surface area contributed by atoms with Crippen LogP contribution in [0.3, 0.4) is 0 Å². The van der Waals surface area contributed by atoms with Gasteiger partial charge in [-0.1, -0.05) is 37.0 Å². The highest BCUT2D eigenvalue weighted by Crippen LogP contribution is 2.28. The van der Waals surface area contributed by atoms with Crippen LogP contribution in [0, 0.1) is 11.7 Å². The van der Waals surface area contributed by atoms with Crippen LogP contribution in [0.4, 0.5) is 4.39 Å². The van der Waals surface area contributed by atoms with E-state index < -0.39 is 5.82 Å². The minimum Gasteiger partial charge on any atom is -0.355 e. The van der Waals surface area contributed by atoms with Crippen molar-refractivity contribution in [2.75, 3.05) is 13.1 Å². The average molecular weight is 321 g/mol. The Morgan fingerprint density at radius 1 is 1.25 bits per heavy atom. The minimum absolute atomic E-state index is 0.0133. The molecule has 0 aromatic heterocycles.